The Balaban J connectivity index is 1.99. The van der Waals surface area contributed by atoms with Gasteiger partial charge in [-0.05, 0) is 24.3 Å². The molecule has 0 aliphatic rings. The molecular weight excluding hydrogens is 343 g/mol. The quantitative estimate of drug-likeness (QED) is 0.666. The number of pyridine rings is 1. The molecule has 0 spiro atoms. The fraction of sp³-hybridized carbons (Fsp3) is 0.0625. The largest absolute Gasteiger partial charge is 0.424 e. The molecular formula is C16H9ClF3N3O. The number of alkyl halides is 3. The van der Waals surface area contributed by atoms with Gasteiger partial charge >= 0.3 is 12.2 Å². The molecule has 0 aliphatic carbocycles. The van der Waals surface area contributed by atoms with Crippen LogP contribution >= 0.6 is 11.6 Å². The lowest BCUT2D eigenvalue weighted by atomic mass is 10.1. The van der Waals surface area contributed by atoms with Gasteiger partial charge in [0.15, 0.2) is 0 Å². The maximum atomic E-state index is 12.9. The van der Waals surface area contributed by atoms with Crippen molar-refractivity contribution in [3.63, 3.8) is 0 Å². The zero-order valence-electron chi connectivity index (χ0n) is 12.0. The molecule has 0 N–H and O–H groups in total. The minimum absolute atomic E-state index is 0.0267. The van der Waals surface area contributed by atoms with Crippen LogP contribution in [0.1, 0.15) is 5.56 Å². The molecule has 8 heteroatoms. The Kier molecular flexibility index (Phi) is 4.35. The Morgan fingerprint density at radius 3 is 2.38 bits per heavy atom. The Morgan fingerprint density at radius 1 is 0.958 bits per heavy atom. The lowest BCUT2D eigenvalue weighted by molar-refractivity contribution is -0.137. The van der Waals surface area contributed by atoms with Gasteiger partial charge in [0.05, 0.1) is 28.7 Å². The first-order chi connectivity index (χ1) is 11.4. The molecule has 3 aromatic rings. The van der Waals surface area contributed by atoms with E-state index >= 15 is 0 Å². The summed E-state index contributed by atoms with van der Waals surface area (Å²) in [4.78, 5) is 11.8. The number of rotatable bonds is 3. The molecule has 0 bridgehead atoms. The second kappa shape index (κ2) is 6.45. The number of hydrogen-bond acceptors (Lipinski definition) is 4. The molecule has 0 atom stereocenters. The van der Waals surface area contributed by atoms with Gasteiger partial charge in [0.1, 0.15) is 5.75 Å². The summed E-state index contributed by atoms with van der Waals surface area (Å²) in [6.07, 6.45) is -0.634. The molecule has 0 aliphatic heterocycles. The van der Waals surface area contributed by atoms with E-state index in [1.54, 1.807) is 24.3 Å². The summed E-state index contributed by atoms with van der Waals surface area (Å²) in [7, 11) is 0. The van der Waals surface area contributed by atoms with Gasteiger partial charge in [-0.2, -0.15) is 13.2 Å². The highest BCUT2D eigenvalue weighted by molar-refractivity contribution is 6.30. The van der Waals surface area contributed by atoms with E-state index in [1.165, 1.54) is 12.4 Å². The van der Waals surface area contributed by atoms with E-state index in [2.05, 4.69) is 15.0 Å². The third-order valence-electron chi connectivity index (χ3n) is 3.05. The van der Waals surface area contributed by atoms with Crippen molar-refractivity contribution in [1.82, 2.24) is 15.0 Å². The number of halogens is 4. The van der Waals surface area contributed by atoms with Gasteiger partial charge in [0.25, 0.3) is 0 Å². The molecule has 2 heterocycles. The van der Waals surface area contributed by atoms with Crippen molar-refractivity contribution in [2.24, 2.45) is 0 Å². The van der Waals surface area contributed by atoms with Crippen LogP contribution in [-0.2, 0) is 6.18 Å². The number of nitrogens with zero attached hydrogens (tertiary/aromatic N) is 3. The van der Waals surface area contributed by atoms with Crippen molar-refractivity contribution in [2.75, 3.05) is 0 Å². The van der Waals surface area contributed by atoms with E-state index < -0.39 is 11.7 Å². The van der Waals surface area contributed by atoms with Gasteiger partial charge in [0.2, 0.25) is 0 Å². The van der Waals surface area contributed by atoms with Crippen molar-refractivity contribution in [3.8, 4) is 23.0 Å². The van der Waals surface area contributed by atoms with E-state index in [9.17, 15) is 13.2 Å². The van der Waals surface area contributed by atoms with Crippen molar-refractivity contribution in [1.29, 1.82) is 0 Å². The number of benzene rings is 1. The molecule has 24 heavy (non-hydrogen) atoms. The minimum Gasteiger partial charge on any atom is -0.424 e. The van der Waals surface area contributed by atoms with Crippen LogP contribution in [0.15, 0.2) is 55.0 Å². The summed E-state index contributed by atoms with van der Waals surface area (Å²) < 4.78 is 44.2. The number of aromatic nitrogens is 3. The summed E-state index contributed by atoms with van der Waals surface area (Å²) in [5.74, 6) is 0.284. The first-order valence-corrected chi connectivity index (χ1v) is 7.09. The topological polar surface area (TPSA) is 47.9 Å². The van der Waals surface area contributed by atoms with Gasteiger partial charge in [0, 0.05) is 11.8 Å². The van der Waals surface area contributed by atoms with E-state index in [-0.39, 0.29) is 17.5 Å². The smallest absolute Gasteiger partial charge is 0.416 e. The molecule has 3 rings (SSSR count). The van der Waals surface area contributed by atoms with Crippen LogP contribution in [0.4, 0.5) is 13.2 Å². The first kappa shape index (κ1) is 16.2. The Morgan fingerprint density at radius 2 is 1.67 bits per heavy atom. The predicted molar refractivity (Wildman–Crippen MR) is 81.8 cm³/mol. The van der Waals surface area contributed by atoms with Crippen molar-refractivity contribution >= 4 is 11.6 Å². The van der Waals surface area contributed by atoms with E-state index in [1.807, 2.05) is 0 Å². The molecule has 0 fully saturated rings. The summed E-state index contributed by atoms with van der Waals surface area (Å²) in [5.41, 5.74) is -0.262. The Bertz CT molecular complexity index is 854. The molecule has 122 valence electrons. The van der Waals surface area contributed by atoms with Gasteiger partial charge < -0.3 is 4.74 Å². The third kappa shape index (κ3) is 3.62. The molecule has 0 saturated carbocycles. The second-order valence-electron chi connectivity index (χ2n) is 4.71. The first-order valence-electron chi connectivity index (χ1n) is 6.71. The maximum absolute atomic E-state index is 12.9. The van der Waals surface area contributed by atoms with Crippen molar-refractivity contribution in [2.45, 2.75) is 6.18 Å². The van der Waals surface area contributed by atoms with Gasteiger partial charge in [-0.15, -0.1) is 0 Å². The molecule has 4 nitrogen and oxygen atoms in total. The lowest BCUT2D eigenvalue weighted by Gasteiger charge is -2.11. The molecule has 1 aromatic carbocycles. The zero-order valence-corrected chi connectivity index (χ0v) is 12.7. The summed E-state index contributed by atoms with van der Waals surface area (Å²) in [6.45, 7) is 0. The highest BCUT2D eigenvalue weighted by Gasteiger charge is 2.31. The molecule has 0 unspecified atom stereocenters. The summed E-state index contributed by atoms with van der Waals surface area (Å²) in [6, 6.07) is 8.46. The maximum Gasteiger partial charge on any atom is 0.416 e. The number of para-hydroxylation sites is 1. The van der Waals surface area contributed by atoms with Gasteiger partial charge in [-0.3, -0.25) is 4.98 Å². The summed E-state index contributed by atoms with van der Waals surface area (Å²) >= 11 is 5.70. The lowest BCUT2D eigenvalue weighted by Crippen LogP contribution is -2.05. The van der Waals surface area contributed by atoms with Crippen LogP contribution < -0.4 is 4.74 Å². The van der Waals surface area contributed by atoms with E-state index in [4.69, 9.17) is 16.3 Å². The monoisotopic (exact) mass is 351 g/mol. The highest BCUT2D eigenvalue weighted by atomic mass is 35.5. The average molecular weight is 352 g/mol. The van der Waals surface area contributed by atoms with Crippen LogP contribution in [0.3, 0.4) is 0 Å². The van der Waals surface area contributed by atoms with E-state index in [0.29, 0.717) is 10.6 Å². The molecule has 2 aromatic heterocycles. The molecule has 0 radical (unpaired) electrons. The third-order valence-corrected chi connectivity index (χ3v) is 3.24. The molecule has 0 saturated heterocycles. The SMILES string of the molecule is FC(F)(F)c1ccnc(-c2ccccc2Oc2ncc(Cl)cn2)c1. The van der Waals surface area contributed by atoms with Crippen LogP contribution in [-0.4, -0.2) is 15.0 Å². The van der Waals surface area contributed by atoms with Crippen LogP contribution in [0, 0.1) is 0 Å². The standard InChI is InChI=1S/C16H9ClF3N3O/c17-11-8-22-15(23-9-11)24-14-4-2-1-3-12(14)13-7-10(5-6-21-13)16(18,19)20/h1-9H. The van der Waals surface area contributed by atoms with Crippen LogP contribution in [0.2, 0.25) is 5.02 Å². The summed E-state index contributed by atoms with van der Waals surface area (Å²) in [5, 5.41) is 0.343. The Hall–Kier alpha value is -2.67. The van der Waals surface area contributed by atoms with E-state index in [0.717, 1.165) is 18.3 Å². The Labute approximate surface area is 139 Å². The van der Waals surface area contributed by atoms with Crippen LogP contribution in [0.25, 0.3) is 11.3 Å². The fourth-order valence-electron chi connectivity index (χ4n) is 1.97. The normalized spacial score (nSPS) is 11.3. The fourth-order valence-corrected chi connectivity index (χ4v) is 2.07. The number of hydrogen-bond donors (Lipinski definition) is 0. The van der Waals surface area contributed by atoms with Crippen molar-refractivity contribution in [3.05, 3.63) is 65.6 Å². The zero-order chi connectivity index (χ0) is 17.2. The number of ether oxygens (including phenoxy) is 1. The van der Waals surface area contributed by atoms with Gasteiger partial charge in [-0.1, -0.05) is 23.7 Å². The highest BCUT2D eigenvalue weighted by Crippen LogP contribution is 2.35. The average Bonchev–Trinajstić information content (AvgIpc) is 2.57. The minimum atomic E-state index is -4.45. The second-order valence-corrected chi connectivity index (χ2v) is 5.15. The van der Waals surface area contributed by atoms with Gasteiger partial charge in [-0.25, -0.2) is 9.97 Å². The molecule has 0 amide bonds. The van der Waals surface area contributed by atoms with Crippen molar-refractivity contribution < 1.29 is 17.9 Å². The van der Waals surface area contributed by atoms with Crippen LogP contribution in [0.5, 0.6) is 11.8 Å². The predicted octanol–water partition coefficient (Wildman–Crippen LogP) is 5.00.